The molecule has 2 aromatic carbocycles. The van der Waals surface area contributed by atoms with Crippen molar-refractivity contribution in [3.8, 4) is 33.2 Å². The Morgan fingerprint density at radius 3 is 2.45 bits per heavy atom. The highest BCUT2D eigenvalue weighted by Gasteiger charge is 2.31. The maximum Gasteiger partial charge on any atom is 0.416 e. The van der Waals surface area contributed by atoms with Crippen molar-refractivity contribution in [2.24, 2.45) is 0 Å². The number of pyridine rings is 2. The van der Waals surface area contributed by atoms with Crippen molar-refractivity contribution >= 4 is 39.8 Å². The molecule has 5 aromatic rings. The van der Waals surface area contributed by atoms with Crippen molar-refractivity contribution in [3.63, 3.8) is 0 Å². The Balaban J connectivity index is 1.09. The smallest absolute Gasteiger partial charge is 0.416 e. The van der Waals surface area contributed by atoms with Gasteiger partial charge in [0, 0.05) is 48.7 Å². The number of nitrogens with one attached hydrogen (secondary N) is 2. The van der Waals surface area contributed by atoms with E-state index in [0.717, 1.165) is 29.0 Å². The minimum Gasteiger partial charge on any atom is -0.439 e. The second kappa shape index (κ2) is 12.1. The van der Waals surface area contributed by atoms with Gasteiger partial charge < -0.3 is 15.4 Å². The average Bonchev–Trinajstić information content (AvgIpc) is 3.67. The zero-order valence-corrected chi connectivity index (χ0v) is 23.7. The number of hydrogen-bond donors (Lipinski definition) is 2. The Morgan fingerprint density at radius 1 is 0.932 bits per heavy atom. The van der Waals surface area contributed by atoms with Crippen molar-refractivity contribution in [2.45, 2.75) is 19.0 Å². The minimum atomic E-state index is -4.58. The van der Waals surface area contributed by atoms with Crippen LogP contribution in [0.4, 0.5) is 34.5 Å². The lowest BCUT2D eigenvalue weighted by atomic mass is 10.0. The molecule has 0 atom stereocenters. The third-order valence-corrected chi connectivity index (χ3v) is 7.79. The maximum absolute atomic E-state index is 13.4. The predicted octanol–water partition coefficient (Wildman–Crippen LogP) is 7.85. The van der Waals surface area contributed by atoms with Gasteiger partial charge in [0.25, 0.3) is 0 Å². The molecule has 0 radical (unpaired) electrons. The highest BCUT2D eigenvalue weighted by Crippen LogP contribution is 2.36. The summed E-state index contributed by atoms with van der Waals surface area (Å²) in [5.41, 5.74) is 1.24. The number of benzene rings is 2. The Hall–Kier alpha value is -5.30. The topological polar surface area (TPSA) is 109 Å². The first-order valence-corrected chi connectivity index (χ1v) is 14.2. The number of rotatable bonds is 7. The molecule has 3 amide bonds. The molecule has 1 aliphatic rings. The van der Waals surface area contributed by atoms with Crippen LogP contribution in [0.15, 0.2) is 91.5 Å². The number of ether oxygens (including phenoxy) is 1. The lowest BCUT2D eigenvalue weighted by Gasteiger charge is -2.15. The number of alkyl halides is 3. The standard InChI is InChI=1S/C31H23F3N6O3S/c32-31(33,34)21-7-11-24(20-3-1-13-35-16-20)25(15-21)39-29(42)38-22-8-12-27(36-17-22)43-23-9-5-19(6-10-23)26-18-37-30(44-26)40-14-2-4-28(40)41/h1,3,5-13,15-18H,2,4,14H2,(H2,38,39,42). The van der Waals surface area contributed by atoms with Gasteiger partial charge in [-0.15, -0.1) is 0 Å². The van der Waals surface area contributed by atoms with Gasteiger partial charge >= 0.3 is 12.2 Å². The number of aromatic nitrogens is 3. The summed E-state index contributed by atoms with van der Waals surface area (Å²) in [6, 6.07) is 16.2. The van der Waals surface area contributed by atoms with Gasteiger partial charge in [0.2, 0.25) is 11.8 Å². The molecule has 9 nitrogen and oxygen atoms in total. The summed E-state index contributed by atoms with van der Waals surface area (Å²) in [5.74, 6) is 0.898. The normalized spacial score (nSPS) is 13.2. The van der Waals surface area contributed by atoms with Crippen molar-refractivity contribution in [1.29, 1.82) is 0 Å². The summed E-state index contributed by atoms with van der Waals surface area (Å²) < 4.78 is 45.9. The summed E-state index contributed by atoms with van der Waals surface area (Å²) >= 11 is 1.45. The van der Waals surface area contributed by atoms with Crippen LogP contribution < -0.4 is 20.3 Å². The van der Waals surface area contributed by atoms with E-state index >= 15 is 0 Å². The second-order valence-corrected chi connectivity index (χ2v) is 10.8. The molecule has 222 valence electrons. The van der Waals surface area contributed by atoms with Crippen LogP contribution in [0.1, 0.15) is 18.4 Å². The van der Waals surface area contributed by atoms with E-state index in [2.05, 4.69) is 25.6 Å². The van der Waals surface area contributed by atoms with Crippen LogP contribution in [-0.4, -0.2) is 33.4 Å². The van der Waals surface area contributed by atoms with Gasteiger partial charge in [-0.3, -0.25) is 14.7 Å². The van der Waals surface area contributed by atoms with E-state index in [1.54, 1.807) is 53.7 Å². The number of halogens is 3. The molecule has 0 spiro atoms. The molecule has 1 saturated heterocycles. The van der Waals surface area contributed by atoms with Gasteiger partial charge in [0.05, 0.1) is 28.0 Å². The van der Waals surface area contributed by atoms with Gasteiger partial charge in [-0.1, -0.05) is 23.5 Å². The van der Waals surface area contributed by atoms with E-state index in [1.165, 1.54) is 29.8 Å². The summed E-state index contributed by atoms with van der Waals surface area (Å²) in [4.78, 5) is 40.0. The molecule has 1 aliphatic heterocycles. The van der Waals surface area contributed by atoms with Crippen LogP contribution in [0.3, 0.4) is 0 Å². The molecule has 0 bridgehead atoms. The lowest BCUT2D eigenvalue weighted by molar-refractivity contribution is -0.137. The molecule has 0 aliphatic carbocycles. The van der Waals surface area contributed by atoms with Crippen LogP contribution in [-0.2, 0) is 11.0 Å². The zero-order chi connectivity index (χ0) is 30.7. The number of hydrogen-bond acceptors (Lipinski definition) is 7. The number of carbonyl (C=O) groups excluding carboxylic acids is 2. The summed E-state index contributed by atoms with van der Waals surface area (Å²) in [6.07, 6.45) is 2.96. The molecule has 44 heavy (non-hydrogen) atoms. The van der Waals surface area contributed by atoms with Gasteiger partial charge in [0.1, 0.15) is 5.75 Å². The maximum atomic E-state index is 13.4. The van der Waals surface area contributed by atoms with Crippen molar-refractivity contribution < 1.29 is 27.5 Å². The first kappa shape index (κ1) is 28.8. The Kier molecular flexibility index (Phi) is 7.94. The van der Waals surface area contributed by atoms with Crippen LogP contribution in [0, 0.1) is 0 Å². The molecule has 1 fully saturated rings. The van der Waals surface area contributed by atoms with Crippen molar-refractivity contribution in [1.82, 2.24) is 15.0 Å². The fourth-order valence-corrected chi connectivity index (χ4v) is 5.54. The van der Waals surface area contributed by atoms with Gasteiger partial charge in [-0.25, -0.2) is 14.8 Å². The molecule has 13 heteroatoms. The first-order valence-electron chi connectivity index (χ1n) is 13.4. The fourth-order valence-electron chi connectivity index (χ4n) is 4.58. The number of amides is 3. The molecule has 4 heterocycles. The number of anilines is 3. The Morgan fingerprint density at radius 2 is 1.77 bits per heavy atom. The number of thiazole rings is 1. The number of nitrogens with zero attached hydrogens (tertiary/aromatic N) is 4. The van der Waals surface area contributed by atoms with E-state index < -0.39 is 17.8 Å². The van der Waals surface area contributed by atoms with E-state index in [9.17, 15) is 22.8 Å². The monoisotopic (exact) mass is 616 g/mol. The predicted molar refractivity (Wildman–Crippen MR) is 161 cm³/mol. The van der Waals surface area contributed by atoms with Crippen molar-refractivity contribution in [2.75, 3.05) is 22.1 Å². The molecule has 2 N–H and O–H groups in total. The highest BCUT2D eigenvalue weighted by atomic mass is 32.1. The summed E-state index contributed by atoms with van der Waals surface area (Å²) in [6.45, 7) is 0.688. The molecular weight excluding hydrogens is 593 g/mol. The highest BCUT2D eigenvalue weighted by molar-refractivity contribution is 7.19. The summed E-state index contributed by atoms with van der Waals surface area (Å²) in [5, 5.41) is 5.77. The van der Waals surface area contributed by atoms with Crippen LogP contribution in [0.5, 0.6) is 11.6 Å². The molecule has 6 rings (SSSR count). The summed E-state index contributed by atoms with van der Waals surface area (Å²) in [7, 11) is 0. The Bertz CT molecular complexity index is 1800. The van der Waals surface area contributed by atoms with E-state index in [0.29, 0.717) is 40.7 Å². The second-order valence-electron chi connectivity index (χ2n) is 9.75. The first-order chi connectivity index (χ1) is 21.2. The molecular formula is C31H23F3N6O3S. The molecule has 0 saturated carbocycles. The van der Waals surface area contributed by atoms with Crippen LogP contribution in [0.25, 0.3) is 21.6 Å². The lowest BCUT2D eigenvalue weighted by Crippen LogP contribution is -2.23. The zero-order valence-electron chi connectivity index (χ0n) is 22.8. The molecule has 3 aromatic heterocycles. The van der Waals surface area contributed by atoms with E-state index in [-0.39, 0.29) is 17.5 Å². The third kappa shape index (κ3) is 6.52. The largest absolute Gasteiger partial charge is 0.439 e. The number of urea groups is 1. The third-order valence-electron chi connectivity index (χ3n) is 6.72. The van der Waals surface area contributed by atoms with Crippen LogP contribution >= 0.6 is 11.3 Å². The van der Waals surface area contributed by atoms with E-state index in [4.69, 9.17) is 4.74 Å². The van der Waals surface area contributed by atoms with Crippen LogP contribution in [0.2, 0.25) is 0 Å². The van der Waals surface area contributed by atoms with E-state index in [1.807, 2.05) is 12.1 Å². The van der Waals surface area contributed by atoms with Gasteiger partial charge in [-0.05, 0) is 60.5 Å². The minimum absolute atomic E-state index is 0.0271. The average molecular weight is 617 g/mol. The quantitative estimate of drug-likeness (QED) is 0.193. The fraction of sp³-hybridized carbons (Fsp3) is 0.129. The SMILES string of the molecule is O=C(Nc1ccc(Oc2ccc(-c3cnc(N4CCCC4=O)s3)cc2)nc1)Nc1cc(C(F)(F)F)ccc1-c1cccnc1. The number of carbonyl (C=O) groups is 2. The van der Waals surface area contributed by atoms with Gasteiger partial charge in [-0.2, -0.15) is 13.2 Å². The molecule has 0 unspecified atom stereocenters. The van der Waals surface area contributed by atoms with Gasteiger partial charge in [0.15, 0.2) is 5.13 Å². The van der Waals surface area contributed by atoms with Crippen molar-refractivity contribution in [3.05, 3.63) is 97.1 Å². The Labute approximate surface area is 253 Å².